The van der Waals surface area contributed by atoms with Crippen molar-refractivity contribution in [3.05, 3.63) is 132 Å². The number of benzene rings is 5. The quantitative estimate of drug-likeness (QED) is 0.130. The maximum Gasteiger partial charge on any atom is 2.00 e. The van der Waals surface area contributed by atoms with Crippen molar-refractivity contribution < 1.29 is 30.2 Å². The molecule has 0 saturated heterocycles. The molecule has 0 saturated carbocycles. The molecule has 5 aromatic carbocycles. The van der Waals surface area contributed by atoms with Crippen LogP contribution in [0.1, 0.15) is 44.5 Å². The molecule has 0 amide bonds. The van der Waals surface area contributed by atoms with E-state index in [2.05, 4.69) is 121 Å². The first-order chi connectivity index (χ1) is 26.2. The van der Waals surface area contributed by atoms with Crippen LogP contribution in [0.2, 0.25) is 0 Å². The first-order valence-corrected chi connectivity index (χ1v) is 18.3. The number of pyridine rings is 2. The number of rotatable bonds is 3. The fourth-order valence-corrected chi connectivity index (χ4v) is 8.95. The van der Waals surface area contributed by atoms with E-state index in [1.165, 1.54) is 22.2 Å². The zero-order chi connectivity index (χ0) is 36.2. The van der Waals surface area contributed by atoms with Crippen LogP contribution in [-0.4, -0.2) is 28.3 Å². The van der Waals surface area contributed by atoms with Gasteiger partial charge in [0.1, 0.15) is 11.4 Å². The van der Waals surface area contributed by atoms with Gasteiger partial charge in [0.2, 0.25) is 5.78 Å². The van der Waals surface area contributed by atoms with E-state index in [4.69, 9.17) is 24.1 Å². The summed E-state index contributed by atoms with van der Waals surface area (Å²) >= 11 is 0. The molecule has 8 nitrogen and oxygen atoms in total. The molecule has 0 fully saturated rings. The van der Waals surface area contributed by atoms with Gasteiger partial charge in [-0.2, -0.15) is 0 Å². The van der Waals surface area contributed by atoms with Crippen LogP contribution in [0, 0.1) is 19.1 Å². The fraction of sp³-hybridized carbons (Fsp3) is 0.152. The van der Waals surface area contributed by atoms with Crippen molar-refractivity contribution in [3.8, 4) is 17.3 Å². The molecule has 0 unspecified atom stereocenters. The standard InChI is InChI=1S/C46H32N6O2.Pt/c1-25-10-8-14-35-41(25)49-44-50(35)34-19-17-27(21-36(34)51(44)40-22-31-29-11-6-7-15-37(29)54-38(31)23-47-40)53-26-16-18-28-30-12-9-13-33-42(30)52-39(46(4,5)45(33,2)3)24-48-43(52)32(28)20-26;/h6-19,22-24H,1-5H3;/q-2;+2. The Morgan fingerprint density at radius 3 is 2.38 bits per heavy atom. The van der Waals surface area contributed by atoms with Crippen molar-refractivity contribution in [2.75, 3.05) is 0 Å². The Hall–Kier alpha value is -5.98. The van der Waals surface area contributed by atoms with Gasteiger partial charge in [-0.05, 0) is 52.7 Å². The van der Waals surface area contributed by atoms with E-state index in [9.17, 15) is 0 Å². The van der Waals surface area contributed by atoms with Crippen LogP contribution in [0.25, 0.3) is 82.9 Å². The van der Waals surface area contributed by atoms with Gasteiger partial charge in [0, 0.05) is 50.5 Å². The average Bonchev–Trinajstić information content (AvgIpc) is 3.95. The Morgan fingerprint density at radius 2 is 1.49 bits per heavy atom. The summed E-state index contributed by atoms with van der Waals surface area (Å²) in [4.78, 5) is 15.1. The summed E-state index contributed by atoms with van der Waals surface area (Å²) in [5.41, 5.74) is 10.8. The van der Waals surface area contributed by atoms with Gasteiger partial charge in [0.05, 0.1) is 22.9 Å². The van der Waals surface area contributed by atoms with Gasteiger partial charge in [0.25, 0.3) is 0 Å². The van der Waals surface area contributed by atoms with Gasteiger partial charge in [-0.3, -0.25) is 9.55 Å². The minimum atomic E-state index is -0.136. The number of para-hydroxylation sites is 3. The van der Waals surface area contributed by atoms with Crippen molar-refractivity contribution in [2.24, 2.45) is 0 Å². The number of aryl methyl sites for hydroxylation is 1. The Labute approximate surface area is 329 Å². The van der Waals surface area contributed by atoms with E-state index in [1.807, 2.05) is 36.5 Å². The zero-order valence-electron chi connectivity index (χ0n) is 30.6. The molecule has 1 aliphatic rings. The number of hydrogen-bond donors (Lipinski definition) is 0. The first-order valence-electron chi connectivity index (χ1n) is 18.3. The molecule has 268 valence electrons. The third-order valence-electron chi connectivity index (χ3n) is 12.4. The van der Waals surface area contributed by atoms with Crippen LogP contribution in [0.3, 0.4) is 0 Å². The summed E-state index contributed by atoms with van der Waals surface area (Å²) < 4.78 is 19.4. The molecule has 0 bridgehead atoms. The van der Waals surface area contributed by atoms with E-state index in [1.54, 1.807) is 6.20 Å². The molecule has 0 aliphatic carbocycles. The second-order valence-electron chi connectivity index (χ2n) is 15.7. The van der Waals surface area contributed by atoms with E-state index < -0.39 is 0 Å². The van der Waals surface area contributed by atoms with E-state index in [0.717, 1.165) is 71.8 Å². The van der Waals surface area contributed by atoms with Crippen LogP contribution in [0.5, 0.6) is 11.5 Å². The molecule has 0 radical (unpaired) electrons. The summed E-state index contributed by atoms with van der Waals surface area (Å²) in [6.07, 6.45) is 3.84. The monoisotopic (exact) mass is 895 g/mol. The molecule has 11 aromatic rings. The molecule has 6 aromatic heterocycles. The van der Waals surface area contributed by atoms with Crippen molar-refractivity contribution in [1.29, 1.82) is 0 Å². The summed E-state index contributed by atoms with van der Waals surface area (Å²) in [6, 6.07) is 38.5. The number of furan rings is 1. The van der Waals surface area contributed by atoms with Gasteiger partial charge in [0.15, 0.2) is 5.58 Å². The van der Waals surface area contributed by atoms with Crippen molar-refractivity contribution in [2.45, 2.75) is 45.4 Å². The predicted octanol–water partition coefficient (Wildman–Crippen LogP) is 10.9. The van der Waals surface area contributed by atoms with Crippen molar-refractivity contribution in [3.63, 3.8) is 0 Å². The van der Waals surface area contributed by atoms with Crippen LogP contribution in [-0.2, 0) is 31.9 Å². The molecule has 7 heterocycles. The molecule has 1 aliphatic heterocycles. The summed E-state index contributed by atoms with van der Waals surface area (Å²) in [5.74, 6) is 2.60. The summed E-state index contributed by atoms with van der Waals surface area (Å²) in [5, 5.41) is 5.24. The number of nitrogens with zero attached hydrogens (tertiary/aromatic N) is 6. The summed E-state index contributed by atoms with van der Waals surface area (Å²) in [6.45, 7) is 11.4. The Kier molecular flexibility index (Phi) is 6.39. The fourth-order valence-electron chi connectivity index (χ4n) is 8.95. The van der Waals surface area contributed by atoms with Crippen LogP contribution >= 0.6 is 0 Å². The maximum atomic E-state index is 6.63. The number of hydrogen-bond acceptors (Lipinski definition) is 5. The molecule has 0 atom stereocenters. The third kappa shape index (κ3) is 4.07. The smallest absolute Gasteiger partial charge is 0.503 e. The third-order valence-corrected chi connectivity index (χ3v) is 12.4. The van der Waals surface area contributed by atoms with Gasteiger partial charge in [-0.15, -0.1) is 30.3 Å². The molecule has 0 spiro atoms. The minimum absolute atomic E-state index is 0. The largest absolute Gasteiger partial charge is 2.00 e. The first kappa shape index (κ1) is 32.4. The Balaban J connectivity index is 0.00000352. The van der Waals surface area contributed by atoms with Crippen molar-refractivity contribution >= 4 is 77.1 Å². The Morgan fingerprint density at radius 1 is 0.691 bits per heavy atom. The molecule has 12 rings (SSSR count). The van der Waals surface area contributed by atoms with Crippen LogP contribution < -0.4 is 4.74 Å². The Bertz CT molecular complexity index is 3450. The van der Waals surface area contributed by atoms with Gasteiger partial charge < -0.3 is 18.0 Å². The van der Waals surface area contributed by atoms with Gasteiger partial charge >= 0.3 is 21.1 Å². The molecular formula is C46H32N6O2Pt. The summed E-state index contributed by atoms with van der Waals surface area (Å²) in [7, 11) is 0. The van der Waals surface area contributed by atoms with Gasteiger partial charge in [-0.1, -0.05) is 93.1 Å². The van der Waals surface area contributed by atoms with Crippen molar-refractivity contribution in [1.82, 2.24) is 28.3 Å². The van der Waals surface area contributed by atoms with Crippen LogP contribution in [0.15, 0.2) is 108 Å². The van der Waals surface area contributed by atoms with Gasteiger partial charge in [-0.25, -0.2) is 9.97 Å². The minimum Gasteiger partial charge on any atom is -0.503 e. The molecular weight excluding hydrogens is 864 g/mol. The SMILES string of the molecule is Cc1cccc2c1nc1n(-c3cc4c(cn3)oc3ccccc34)c3[c-]c(Oc4[c-]c5c(cc4)c4cccc6c4n4c(cnc54)C(C)(C)C6(C)C)ccc3n21.[Pt+2]. The number of imidazole rings is 3. The number of aromatic nitrogens is 6. The number of fused-ring (bicyclic) bond motifs is 11. The topological polar surface area (TPSA) is 74.8 Å². The molecule has 9 heteroatoms. The van der Waals surface area contributed by atoms with E-state index in [0.29, 0.717) is 17.3 Å². The second-order valence-corrected chi connectivity index (χ2v) is 15.7. The predicted molar refractivity (Wildman–Crippen MR) is 213 cm³/mol. The normalized spacial score (nSPS) is 14.8. The van der Waals surface area contributed by atoms with E-state index in [-0.39, 0.29) is 31.9 Å². The number of ether oxygens (including phenoxy) is 1. The molecule has 55 heavy (non-hydrogen) atoms. The van der Waals surface area contributed by atoms with Crippen LogP contribution in [0.4, 0.5) is 0 Å². The maximum absolute atomic E-state index is 6.63. The average molecular weight is 896 g/mol. The van der Waals surface area contributed by atoms with E-state index >= 15 is 0 Å². The molecule has 0 N–H and O–H groups in total. The zero-order valence-corrected chi connectivity index (χ0v) is 32.9. The second kappa shape index (κ2) is 10.8.